The lowest BCUT2D eigenvalue weighted by Gasteiger charge is -2.36. The highest BCUT2D eigenvalue weighted by Gasteiger charge is 2.33. The van der Waals surface area contributed by atoms with E-state index in [1.165, 1.54) is 6.42 Å². The zero-order valence-corrected chi connectivity index (χ0v) is 12.6. The third-order valence-electron chi connectivity index (χ3n) is 4.78. The quantitative estimate of drug-likeness (QED) is 0.924. The number of nitrogens with zero attached hydrogens (tertiary/aromatic N) is 2. The third-order valence-corrected chi connectivity index (χ3v) is 4.78. The third kappa shape index (κ3) is 3.62. The summed E-state index contributed by atoms with van der Waals surface area (Å²) in [5, 5.41) is 3.44. The summed E-state index contributed by atoms with van der Waals surface area (Å²) in [6.07, 6.45) is 8.49. The van der Waals surface area contributed by atoms with E-state index >= 15 is 0 Å². The van der Waals surface area contributed by atoms with Crippen LogP contribution in [0, 0.1) is 5.92 Å². The van der Waals surface area contributed by atoms with E-state index < -0.39 is 0 Å². The fourth-order valence-electron chi connectivity index (χ4n) is 3.26. The summed E-state index contributed by atoms with van der Waals surface area (Å²) in [6.45, 7) is 2.76. The molecule has 0 bridgehead atoms. The highest BCUT2D eigenvalue weighted by molar-refractivity contribution is 5.79. The molecule has 4 heteroatoms. The van der Waals surface area contributed by atoms with Gasteiger partial charge in [-0.2, -0.15) is 0 Å². The van der Waals surface area contributed by atoms with Crippen molar-refractivity contribution >= 4 is 5.91 Å². The molecule has 3 rings (SSSR count). The van der Waals surface area contributed by atoms with Gasteiger partial charge in [0.05, 0.1) is 12.2 Å². The van der Waals surface area contributed by atoms with Gasteiger partial charge >= 0.3 is 0 Å². The Hall–Kier alpha value is -1.42. The van der Waals surface area contributed by atoms with Gasteiger partial charge in [-0.05, 0) is 57.3 Å². The van der Waals surface area contributed by atoms with E-state index in [1.54, 1.807) is 0 Å². The second kappa shape index (κ2) is 7.03. The van der Waals surface area contributed by atoms with Gasteiger partial charge in [-0.25, -0.2) is 0 Å². The Balaban J connectivity index is 1.74. The number of carbonyl (C=O) groups is 1. The minimum absolute atomic E-state index is 0.268. The lowest BCUT2D eigenvalue weighted by Crippen LogP contribution is -2.45. The van der Waals surface area contributed by atoms with Crippen molar-refractivity contribution < 1.29 is 4.79 Å². The minimum atomic E-state index is 0.268. The zero-order chi connectivity index (χ0) is 14.5. The van der Waals surface area contributed by atoms with Crippen molar-refractivity contribution in [1.29, 1.82) is 0 Å². The average Bonchev–Trinajstić information content (AvgIpc) is 2.73. The van der Waals surface area contributed by atoms with Crippen LogP contribution in [0.1, 0.15) is 44.2 Å². The van der Waals surface area contributed by atoms with Gasteiger partial charge in [-0.3, -0.25) is 9.78 Å². The van der Waals surface area contributed by atoms with Gasteiger partial charge in [-0.15, -0.1) is 0 Å². The number of pyridine rings is 1. The molecule has 1 saturated heterocycles. The Morgan fingerprint density at radius 3 is 2.81 bits per heavy atom. The molecular weight excluding hydrogens is 262 g/mol. The van der Waals surface area contributed by atoms with Gasteiger partial charge < -0.3 is 10.2 Å². The smallest absolute Gasteiger partial charge is 0.226 e. The molecule has 1 unspecified atom stereocenters. The van der Waals surface area contributed by atoms with Gasteiger partial charge in [-0.1, -0.05) is 12.5 Å². The van der Waals surface area contributed by atoms with Crippen LogP contribution in [0.4, 0.5) is 0 Å². The first kappa shape index (κ1) is 14.5. The summed E-state index contributed by atoms with van der Waals surface area (Å²) in [4.78, 5) is 19.4. The fourth-order valence-corrected chi connectivity index (χ4v) is 3.26. The van der Waals surface area contributed by atoms with Crippen LogP contribution in [0.3, 0.4) is 0 Å². The van der Waals surface area contributed by atoms with Crippen molar-refractivity contribution in [1.82, 2.24) is 15.2 Å². The molecule has 1 saturated carbocycles. The molecule has 1 aromatic rings. The van der Waals surface area contributed by atoms with Crippen LogP contribution < -0.4 is 5.32 Å². The number of aromatic nitrogens is 1. The Morgan fingerprint density at radius 1 is 1.19 bits per heavy atom. The molecule has 1 aromatic heterocycles. The number of nitrogens with one attached hydrogen (secondary N) is 1. The highest BCUT2D eigenvalue weighted by atomic mass is 16.2. The summed E-state index contributed by atoms with van der Waals surface area (Å²) < 4.78 is 0. The first-order valence-electron chi connectivity index (χ1n) is 8.25. The summed E-state index contributed by atoms with van der Waals surface area (Å²) >= 11 is 0. The standard InChI is InChI=1S/C17H25N3O/c21-17(14-5-3-6-14)20(13-15-7-1-2-11-19-15)16-8-4-10-18-12-9-16/h1-2,7,11,14,16,18H,3-6,8-10,12-13H2. The van der Waals surface area contributed by atoms with E-state index in [4.69, 9.17) is 0 Å². The van der Waals surface area contributed by atoms with Crippen LogP contribution in [0.2, 0.25) is 0 Å². The molecule has 1 amide bonds. The molecule has 1 aliphatic heterocycles. The van der Waals surface area contributed by atoms with Crippen LogP contribution >= 0.6 is 0 Å². The van der Waals surface area contributed by atoms with Gasteiger partial charge in [0.15, 0.2) is 0 Å². The van der Waals surface area contributed by atoms with E-state index in [0.717, 1.165) is 50.9 Å². The number of rotatable bonds is 4. The molecular formula is C17H25N3O. The van der Waals surface area contributed by atoms with E-state index in [2.05, 4.69) is 15.2 Å². The van der Waals surface area contributed by atoms with Crippen LogP contribution in [-0.2, 0) is 11.3 Å². The molecule has 2 fully saturated rings. The summed E-state index contributed by atoms with van der Waals surface area (Å²) in [6, 6.07) is 6.32. The van der Waals surface area contributed by atoms with E-state index in [9.17, 15) is 4.79 Å². The summed E-state index contributed by atoms with van der Waals surface area (Å²) in [7, 11) is 0. The Labute approximate surface area is 126 Å². The molecule has 0 radical (unpaired) electrons. The first-order chi connectivity index (χ1) is 10.3. The molecule has 2 heterocycles. The number of hydrogen-bond donors (Lipinski definition) is 1. The average molecular weight is 287 g/mol. The number of carbonyl (C=O) groups excluding carboxylic acids is 1. The fraction of sp³-hybridized carbons (Fsp3) is 0.647. The molecule has 1 N–H and O–H groups in total. The van der Waals surface area contributed by atoms with Crippen LogP contribution in [0.15, 0.2) is 24.4 Å². The second-order valence-electron chi connectivity index (χ2n) is 6.25. The minimum Gasteiger partial charge on any atom is -0.334 e. The lowest BCUT2D eigenvalue weighted by atomic mass is 9.83. The molecule has 2 aliphatic rings. The number of amides is 1. The van der Waals surface area contributed by atoms with E-state index in [0.29, 0.717) is 18.5 Å². The van der Waals surface area contributed by atoms with Crippen molar-refractivity contribution in [2.45, 2.75) is 51.1 Å². The second-order valence-corrected chi connectivity index (χ2v) is 6.25. The molecule has 4 nitrogen and oxygen atoms in total. The van der Waals surface area contributed by atoms with Crippen molar-refractivity contribution in [2.24, 2.45) is 5.92 Å². The molecule has 0 aromatic carbocycles. The SMILES string of the molecule is O=C(C1CCC1)N(Cc1ccccn1)C1CCCNCC1. The van der Waals surface area contributed by atoms with E-state index in [-0.39, 0.29) is 5.92 Å². The predicted octanol–water partition coefficient (Wildman–Crippen LogP) is 2.35. The largest absolute Gasteiger partial charge is 0.334 e. The summed E-state index contributed by atoms with van der Waals surface area (Å²) in [5.41, 5.74) is 1.00. The van der Waals surface area contributed by atoms with Gasteiger partial charge in [0.1, 0.15) is 0 Å². The lowest BCUT2D eigenvalue weighted by molar-refractivity contribution is -0.141. The maximum absolute atomic E-state index is 12.8. The van der Waals surface area contributed by atoms with Crippen molar-refractivity contribution in [3.05, 3.63) is 30.1 Å². The topological polar surface area (TPSA) is 45.2 Å². The van der Waals surface area contributed by atoms with E-state index in [1.807, 2.05) is 24.4 Å². The maximum Gasteiger partial charge on any atom is 0.226 e. The van der Waals surface area contributed by atoms with Crippen LogP contribution in [0.25, 0.3) is 0 Å². The van der Waals surface area contributed by atoms with Crippen LogP contribution in [0.5, 0.6) is 0 Å². The molecule has 0 spiro atoms. The van der Waals surface area contributed by atoms with Gasteiger partial charge in [0.2, 0.25) is 5.91 Å². The van der Waals surface area contributed by atoms with Crippen molar-refractivity contribution in [3.63, 3.8) is 0 Å². The first-order valence-corrected chi connectivity index (χ1v) is 8.25. The molecule has 1 aliphatic carbocycles. The zero-order valence-electron chi connectivity index (χ0n) is 12.6. The maximum atomic E-state index is 12.8. The Morgan fingerprint density at radius 2 is 2.10 bits per heavy atom. The Bertz CT molecular complexity index is 450. The van der Waals surface area contributed by atoms with Crippen molar-refractivity contribution in [3.8, 4) is 0 Å². The van der Waals surface area contributed by atoms with Gasteiger partial charge in [0, 0.05) is 18.2 Å². The molecule has 114 valence electrons. The Kier molecular flexibility index (Phi) is 4.86. The normalized spacial score (nSPS) is 23.1. The van der Waals surface area contributed by atoms with Crippen molar-refractivity contribution in [2.75, 3.05) is 13.1 Å². The number of hydrogen-bond acceptors (Lipinski definition) is 3. The van der Waals surface area contributed by atoms with Crippen LogP contribution in [-0.4, -0.2) is 34.9 Å². The highest BCUT2D eigenvalue weighted by Crippen LogP contribution is 2.30. The monoisotopic (exact) mass is 287 g/mol. The van der Waals surface area contributed by atoms with Gasteiger partial charge in [0.25, 0.3) is 0 Å². The molecule has 21 heavy (non-hydrogen) atoms. The predicted molar refractivity (Wildman–Crippen MR) is 82.6 cm³/mol. The summed E-state index contributed by atoms with van der Waals surface area (Å²) in [5.74, 6) is 0.628. The molecule has 1 atom stereocenters.